The molecule has 0 saturated carbocycles. The van der Waals surface area contributed by atoms with Crippen molar-refractivity contribution >= 4 is 39.2 Å². The fourth-order valence-corrected chi connectivity index (χ4v) is 2.94. The van der Waals surface area contributed by atoms with Gasteiger partial charge in [-0.15, -0.1) is 0 Å². The van der Waals surface area contributed by atoms with Crippen LogP contribution >= 0.6 is 28.1 Å². The van der Waals surface area contributed by atoms with Crippen LogP contribution in [0.4, 0.5) is 4.39 Å². The lowest BCUT2D eigenvalue weighted by molar-refractivity contribution is 0.623. The number of nitrogens with zero attached hydrogens (tertiary/aromatic N) is 1. The summed E-state index contributed by atoms with van der Waals surface area (Å²) in [6.07, 6.45) is 0. The lowest BCUT2D eigenvalue weighted by Gasteiger charge is -2.10. The van der Waals surface area contributed by atoms with Crippen LogP contribution in [0.2, 0.25) is 0 Å². The second kappa shape index (κ2) is 4.82. The maximum atomic E-state index is 13.6. The first-order chi connectivity index (χ1) is 9.47. The normalized spacial score (nSPS) is 11.2. The molecule has 0 aliphatic rings. The summed E-state index contributed by atoms with van der Waals surface area (Å²) < 4.78 is 16.6. The van der Waals surface area contributed by atoms with E-state index in [1.807, 2.05) is 18.4 Å². The minimum atomic E-state index is -0.304. The van der Waals surface area contributed by atoms with Crippen LogP contribution in [0.1, 0.15) is 11.1 Å². The summed E-state index contributed by atoms with van der Waals surface area (Å²) in [5.74, 6) is -0.304. The van der Waals surface area contributed by atoms with Crippen LogP contribution in [0.5, 0.6) is 0 Å². The van der Waals surface area contributed by atoms with Crippen molar-refractivity contribution in [2.45, 2.75) is 13.8 Å². The van der Waals surface area contributed by atoms with Gasteiger partial charge in [-0.25, -0.2) is 4.39 Å². The molecule has 1 heterocycles. The number of hydrogen-bond acceptors (Lipinski definition) is 1. The predicted molar refractivity (Wildman–Crippen MR) is 85.6 cm³/mol. The maximum Gasteiger partial charge on any atom is 0.182 e. The first kappa shape index (κ1) is 13.5. The van der Waals surface area contributed by atoms with Crippen LogP contribution in [0.3, 0.4) is 0 Å². The van der Waals surface area contributed by atoms with Crippen molar-refractivity contribution in [3.63, 3.8) is 0 Å². The lowest BCUT2D eigenvalue weighted by atomic mass is 10.1. The smallest absolute Gasteiger partial charge is 0.182 e. The van der Waals surface area contributed by atoms with E-state index < -0.39 is 0 Å². The number of nitrogens with one attached hydrogen (secondary N) is 1. The highest BCUT2D eigenvalue weighted by Gasteiger charge is 2.11. The van der Waals surface area contributed by atoms with Gasteiger partial charge >= 0.3 is 0 Å². The average Bonchev–Trinajstić information content (AvgIpc) is 2.69. The van der Waals surface area contributed by atoms with Gasteiger partial charge < -0.3 is 4.98 Å². The number of fused-ring (bicyclic) bond motifs is 1. The van der Waals surface area contributed by atoms with E-state index in [9.17, 15) is 4.39 Å². The Kier molecular flexibility index (Phi) is 3.26. The van der Waals surface area contributed by atoms with Gasteiger partial charge in [0.1, 0.15) is 5.82 Å². The van der Waals surface area contributed by atoms with Crippen molar-refractivity contribution < 1.29 is 4.39 Å². The monoisotopic (exact) mass is 350 g/mol. The van der Waals surface area contributed by atoms with Crippen molar-refractivity contribution in [3.05, 3.63) is 56.5 Å². The van der Waals surface area contributed by atoms with E-state index in [0.29, 0.717) is 14.8 Å². The number of aromatic amines is 1. The quantitative estimate of drug-likeness (QED) is 0.597. The molecule has 0 unspecified atom stereocenters. The zero-order chi connectivity index (χ0) is 14.4. The molecule has 2 nitrogen and oxygen atoms in total. The van der Waals surface area contributed by atoms with Crippen molar-refractivity contribution in [1.29, 1.82) is 0 Å². The van der Waals surface area contributed by atoms with E-state index >= 15 is 0 Å². The Morgan fingerprint density at radius 1 is 1.20 bits per heavy atom. The van der Waals surface area contributed by atoms with E-state index in [4.69, 9.17) is 12.2 Å². The van der Waals surface area contributed by atoms with E-state index in [0.717, 1.165) is 22.3 Å². The summed E-state index contributed by atoms with van der Waals surface area (Å²) in [6.45, 7) is 4.07. The average molecular weight is 351 g/mol. The highest BCUT2D eigenvalue weighted by atomic mass is 79.9. The van der Waals surface area contributed by atoms with Gasteiger partial charge in [0.25, 0.3) is 0 Å². The molecular weight excluding hydrogens is 339 g/mol. The van der Waals surface area contributed by atoms with Crippen LogP contribution in [0.15, 0.2) is 34.8 Å². The Morgan fingerprint density at radius 3 is 2.70 bits per heavy atom. The number of benzene rings is 2. The lowest BCUT2D eigenvalue weighted by Crippen LogP contribution is -1.98. The molecule has 20 heavy (non-hydrogen) atoms. The number of imidazole rings is 1. The molecular formula is C15H12BrFN2S. The summed E-state index contributed by atoms with van der Waals surface area (Å²) in [4.78, 5) is 3.06. The summed E-state index contributed by atoms with van der Waals surface area (Å²) in [5.41, 5.74) is 4.84. The largest absolute Gasteiger partial charge is 0.330 e. The topological polar surface area (TPSA) is 20.7 Å². The fourth-order valence-electron chi connectivity index (χ4n) is 2.30. The number of aromatic nitrogens is 2. The number of rotatable bonds is 1. The summed E-state index contributed by atoms with van der Waals surface area (Å²) in [6, 6.07) is 9.40. The van der Waals surface area contributed by atoms with Gasteiger partial charge in [-0.1, -0.05) is 12.1 Å². The van der Waals surface area contributed by atoms with E-state index in [1.165, 1.54) is 6.07 Å². The molecule has 5 heteroatoms. The van der Waals surface area contributed by atoms with E-state index in [-0.39, 0.29) is 5.82 Å². The molecule has 2 aromatic carbocycles. The van der Waals surface area contributed by atoms with Gasteiger partial charge in [-0.3, -0.25) is 4.57 Å². The maximum absolute atomic E-state index is 13.6. The molecule has 0 bridgehead atoms. The Hall–Kier alpha value is -1.46. The molecule has 0 saturated heterocycles. The molecule has 1 aromatic heterocycles. The molecule has 0 atom stereocenters. The van der Waals surface area contributed by atoms with Crippen molar-refractivity contribution in [3.8, 4) is 5.69 Å². The van der Waals surface area contributed by atoms with Crippen molar-refractivity contribution in [2.75, 3.05) is 0 Å². The minimum Gasteiger partial charge on any atom is -0.330 e. The highest BCUT2D eigenvalue weighted by molar-refractivity contribution is 9.10. The molecule has 3 rings (SSSR count). The first-order valence-electron chi connectivity index (χ1n) is 6.15. The minimum absolute atomic E-state index is 0.304. The zero-order valence-corrected chi connectivity index (χ0v) is 13.4. The predicted octanol–water partition coefficient (Wildman–Crippen LogP) is 5.21. The van der Waals surface area contributed by atoms with Crippen LogP contribution < -0.4 is 0 Å². The fraction of sp³-hybridized carbons (Fsp3) is 0.133. The second-order valence-electron chi connectivity index (χ2n) is 4.84. The standard InChI is InChI=1S/C15H12BrFN2S/c1-8-3-4-9(2)13(5-8)19-14-6-10(16)11(17)7-12(14)18-15(19)20/h3-7H,1-2H3,(H,18,20). The molecule has 0 fully saturated rings. The zero-order valence-electron chi connectivity index (χ0n) is 11.0. The number of hydrogen-bond donors (Lipinski definition) is 1. The summed E-state index contributed by atoms with van der Waals surface area (Å²) >= 11 is 8.62. The van der Waals surface area contributed by atoms with Crippen molar-refractivity contribution in [2.24, 2.45) is 0 Å². The van der Waals surface area contributed by atoms with Crippen LogP contribution in [-0.2, 0) is 0 Å². The van der Waals surface area contributed by atoms with Gasteiger partial charge in [0.15, 0.2) is 4.77 Å². The van der Waals surface area contributed by atoms with Crippen LogP contribution in [0, 0.1) is 24.4 Å². The first-order valence-corrected chi connectivity index (χ1v) is 7.35. The van der Waals surface area contributed by atoms with Gasteiger partial charge in [0, 0.05) is 6.07 Å². The second-order valence-corrected chi connectivity index (χ2v) is 6.08. The van der Waals surface area contributed by atoms with Gasteiger partial charge in [-0.2, -0.15) is 0 Å². The Morgan fingerprint density at radius 2 is 1.95 bits per heavy atom. The molecule has 0 radical (unpaired) electrons. The Balaban J connectivity index is 2.42. The van der Waals surface area contributed by atoms with Gasteiger partial charge in [0.2, 0.25) is 0 Å². The van der Waals surface area contributed by atoms with Crippen molar-refractivity contribution in [1.82, 2.24) is 9.55 Å². The van der Waals surface area contributed by atoms with E-state index in [1.54, 1.807) is 6.07 Å². The molecule has 0 aliphatic carbocycles. The molecule has 0 spiro atoms. The van der Waals surface area contributed by atoms with Crippen LogP contribution in [0.25, 0.3) is 16.7 Å². The molecule has 102 valence electrons. The van der Waals surface area contributed by atoms with Crippen LogP contribution in [-0.4, -0.2) is 9.55 Å². The van der Waals surface area contributed by atoms with Gasteiger partial charge in [0.05, 0.1) is 21.2 Å². The molecule has 1 N–H and O–H groups in total. The Labute approximate surface area is 129 Å². The molecule has 0 amide bonds. The number of halogens is 2. The SMILES string of the molecule is Cc1ccc(C)c(-n2c(=S)[nH]c3cc(F)c(Br)cc32)c1. The number of aryl methyl sites for hydroxylation is 2. The third-order valence-electron chi connectivity index (χ3n) is 3.33. The number of H-pyrrole nitrogens is 1. The Bertz CT molecular complexity index is 879. The molecule has 0 aliphatic heterocycles. The van der Waals surface area contributed by atoms with E-state index in [2.05, 4.69) is 39.1 Å². The van der Waals surface area contributed by atoms with Gasteiger partial charge in [-0.05, 0) is 65.3 Å². The molecule has 3 aromatic rings. The summed E-state index contributed by atoms with van der Waals surface area (Å²) in [5, 5.41) is 0. The third kappa shape index (κ3) is 2.11. The third-order valence-corrected chi connectivity index (χ3v) is 4.22. The summed E-state index contributed by atoms with van der Waals surface area (Å²) in [7, 11) is 0. The highest BCUT2D eigenvalue weighted by Crippen LogP contribution is 2.27.